The summed E-state index contributed by atoms with van der Waals surface area (Å²) in [4.78, 5) is 2.63. The molecule has 1 heterocycles. The van der Waals surface area contributed by atoms with Gasteiger partial charge in [0.25, 0.3) is 0 Å². The topological polar surface area (TPSA) is 15.3 Å². The molecule has 1 aromatic carbocycles. The van der Waals surface area contributed by atoms with E-state index in [1.807, 2.05) is 0 Å². The minimum atomic E-state index is 0.451. The molecule has 3 atom stereocenters. The molecule has 21 heavy (non-hydrogen) atoms. The van der Waals surface area contributed by atoms with Gasteiger partial charge in [-0.1, -0.05) is 54.9 Å². The Kier molecular flexibility index (Phi) is 6.72. The van der Waals surface area contributed by atoms with Crippen LogP contribution in [0.2, 0.25) is 0 Å². The first-order valence-electron chi connectivity index (χ1n) is 8.32. The molecule has 0 radical (unpaired) electrons. The largest absolute Gasteiger partial charge is 0.310 e. The first kappa shape index (κ1) is 17.0. The van der Waals surface area contributed by atoms with Crippen molar-refractivity contribution in [3.8, 4) is 0 Å². The highest BCUT2D eigenvalue weighted by Crippen LogP contribution is 2.27. The van der Waals surface area contributed by atoms with Crippen LogP contribution in [0, 0.1) is 11.8 Å². The number of hydrogen-bond donors (Lipinski definition) is 1. The van der Waals surface area contributed by atoms with Crippen molar-refractivity contribution in [1.82, 2.24) is 10.2 Å². The molecule has 3 unspecified atom stereocenters. The molecular formula is C18H29BrN2. The molecule has 118 valence electrons. The fourth-order valence-electron chi connectivity index (χ4n) is 3.19. The summed E-state index contributed by atoms with van der Waals surface area (Å²) in [6.45, 7) is 11.8. The second-order valence-electron chi connectivity index (χ2n) is 6.53. The number of nitrogens with zero attached hydrogens (tertiary/aromatic N) is 1. The van der Waals surface area contributed by atoms with E-state index in [0.717, 1.165) is 18.4 Å². The molecule has 1 saturated heterocycles. The van der Waals surface area contributed by atoms with Crippen molar-refractivity contribution in [2.45, 2.75) is 39.7 Å². The minimum Gasteiger partial charge on any atom is -0.310 e. The van der Waals surface area contributed by atoms with Crippen LogP contribution in [0.1, 0.15) is 45.2 Å². The number of likely N-dealkylation sites (tertiary alicyclic amines) is 1. The summed E-state index contributed by atoms with van der Waals surface area (Å²) in [5.41, 5.74) is 1.39. The maximum Gasteiger partial charge on any atom is 0.0343 e. The van der Waals surface area contributed by atoms with Crippen molar-refractivity contribution >= 4 is 15.9 Å². The lowest BCUT2D eigenvalue weighted by Gasteiger charge is -2.23. The van der Waals surface area contributed by atoms with E-state index in [-0.39, 0.29) is 0 Å². The maximum absolute atomic E-state index is 3.72. The van der Waals surface area contributed by atoms with Gasteiger partial charge in [-0.25, -0.2) is 0 Å². The number of rotatable bonds is 7. The third kappa shape index (κ3) is 4.80. The lowest BCUT2D eigenvalue weighted by Crippen LogP contribution is -2.29. The van der Waals surface area contributed by atoms with Gasteiger partial charge in [0, 0.05) is 23.6 Å². The van der Waals surface area contributed by atoms with Crippen molar-refractivity contribution < 1.29 is 0 Å². The average molecular weight is 353 g/mol. The molecular weight excluding hydrogens is 324 g/mol. The minimum absolute atomic E-state index is 0.451. The van der Waals surface area contributed by atoms with Crippen molar-refractivity contribution in [2.24, 2.45) is 11.8 Å². The van der Waals surface area contributed by atoms with Gasteiger partial charge in [-0.3, -0.25) is 0 Å². The highest BCUT2D eigenvalue weighted by molar-refractivity contribution is 9.10. The summed E-state index contributed by atoms with van der Waals surface area (Å²) in [6.07, 6.45) is 2.36. The summed E-state index contributed by atoms with van der Waals surface area (Å²) in [6, 6.07) is 9.07. The first-order chi connectivity index (χ1) is 10.1. The highest BCUT2D eigenvalue weighted by Gasteiger charge is 2.26. The van der Waals surface area contributed by atoms with E-state index in [1.165, 1.54) is 42.5 Å². The van der Waals surface area contributed by atoms with Crippen molar-refractivity contribution in [3.63, 3.8) is 0 Å². The van der Waals surface area contributed by atoms with Gasteiger partial charge in [0.2, 0.25) is 0 Å². The van der Waals surface area contributed by atoms with Crippen LogP contribution in [-0.4, -0.2) is 31.1 Å². The maximum atomic E-state index is 3.72. The molecule has 1 aliphatic rings. The molecule has 0 bridgehead atoms. The Morgan fingerprint density at radius 3 is 2.52 bits per heavy atom. The van der Waals surface area contributed by atoms with Gasteiger partial charge >= 0.3 is 0 Å². The zero-order chi connectivity index (χ0) is 15.2. The standard InChI is InChI=1S/C18H29BrN2/c1-4-10-20-18(16-7-5-6-8-17(16)19)9-11-21-12-14(2)15(3)13-21/h5-8,14-15,18,20H,4,9-13H2,1-3H3. The SMILES string of the molecule is CCCNC(CCN1CC(C)C(C)C1)c1ccccc1Br. The Hall–Kier alpha value is -0.380. The van der Waals surface area contributed by atoms with E-state index in [1.54, 1.807) is 0 Å². The second-order valence-corrected chi connectivity index (χ2v) is 7.39. The van der Waals surface area contributed by atoms with E-state index >= 15 is 0 Å². The lowest BCUT2D eigenvalue weighted by molar-refractivity contribution is 0.298. The monoisotopic (exact) mass is 352 g/mol. The normalized spacial score (nSPS) is 24.4. The summed E-state index contributed by atoms with van der Waals surface area (Å²) in [5.74, 6) is 1.69. The second kappa shape index (κ2) is 8.30. The Morgan fingerprint density at radius 1 is 1.24 bits per heavy atom. The number of hydrogen-bond acceptors (Lipinski definition) is 2. The highest BCUT2D eigenvalue weighted by atomic mass is 79.9. The smallest absolute Gasteiger partial charge is 0.0343 e. The fourth-order valence-corrected chi connectivity index (χ4v) is 3.75. The zero-order valence-electron chi connectivity index (χ0n) is 13.6. The van der Waals surface area contributed by atoms with Gasteiger partial charge in [-0.15, -0.1) is 0 Å². The molecule has 2 rings (SSSR count). The predicted molar refractivity (Wildman–Crippen MR) is 94.6 cm³/mol. The van der Waals surface area contributed by atoms with Crippen molar-refractivity contribution in [1.29, 1.82) is 0 Å². The van der Waals surface area contributed by atoms with E-state index in [9.17, 15) is 0 Å². The molecule has 0 aliphatic carbocycles. The van der Waals surface area contributed by atoms with Gasteiger partial charge in [0.15, 0.2) is 0 Å². The number of halogens is 1. The fraction of sp³-hybridized carbons (Fsp3) is 0.667. The first-order valence-corrected chi connectivity index (χ1v) is 9.11. The third-order valence-corrected chi connectivity index (χ3v) is 5.44. The molecule has 1 aliphatic heterocycles. The van der Waals surface area contributed by atoms with Gasteiger partial charge in [-0.2, -0.15) is 0 Å². The number of nitrogens with one attached hydrogen (secondary N) is 1. The lowest BCUT2D eigenvalue weighted by atomic mass is 10.0. The summed E-state index contributed by atoms with van der Waals surface area (Å²) in [7, 11) is 0. The van der Waals surface area contributed by atoms with Gasteiger partial charge in [0.05, 0.1) is 0 Å². The summed E-state index contributed by atoms with van der Waals surface area (Å²) in [5, 5.41) is 3.72. The predicted octanol–water partition coefficient (Wildman–Crippen LogP) is 4.47. The molecule has 0 aromatic heterocycles. The van der Waals surface area contributed by atoms with Gasteiger partial charge < -0.3 is 10.2 Å². The van der Waals surface area contributed by atoms with Crippen LogP contribution in [0.3, 0.4) is 0 Å². The molecule has 3 heteroatoms. The molecule has 0 amide bonds. The summed E-state index contributed by atoms with van der Waals surface area (Å²) >= 11 is 3.71. The van der Waals surface area contributed by atoms with E-state index in [2.05, 4.69) is 71.2 Å². The van der Waals surface area contributed by atoms with Crippen LogP contribution in [0.25, 0.3) is 0 Å². The average Bonchev–Trinajstić information content (AvgIpc) is 2.79. The van der Waals surface area contributed by atoms with Gasteiger partial charge in [0.1, 0.15) is 0 Å². The quantitative estimate of drug-likeness (QED) is 0.778. The number of benzene rings is 1. The Balaban J connectivity index is 1.95. The molecule has 2 nitrogen and oxygen atoms in total. The van der Waals surface area contributed by atoms with Crippen LogP contribution in [0.5, 0.6) is 0 Å². The van der Waals surface area contributed by atoms with Crippen molar-refractivity contribution in [2.75, 3.05) is 26.2 Å². The van der Waals surface area contributed by atoms with Crippen molar-refractivity contribution in [3.05, 3.63) is 34.3 Å². The Bertz CT molecular complexity index is 425. The molecule has 0 spiro atoms. The van der Waals surface area contributed by atoms with Gasteiger partial charge in [-0.05, 0) is 49.4 Å². The van der Waals surface area contributed by atoms with Crippen LogP contribution >= 0.6 is 15.9 Å². The van der Waals surface area contributed by atoms with Crippen LogP contribution in [0.15, 0.2) is 28.7 Å². The Labute approximate surface area is 138 Å². The summed E-state index contributed by atoms with van der Waals surface area (Å²) < 4.78 is 1.22. The third-order valence-electron chi connectivity index (χ3n) is 4.72. The van der Waals surface area contributed by atoms with Crippen LogP contribution in [0.4, 0.5) is 0 Å². The van der Waals surface area contributed by atoms with E-state index in [0.29, 0.717) is 6.04 Å². The zero-order valence-corrected chi connectivity index (χ0v) is 15.2. The van der Waals surface area contributed by atoms with Crippen LogP contribution < -0.4 is 5.32 Å². The molecule has 1 aromatic rings. The Morgan fingerprint density at radius 2 is 1.90 bits per heavy atom. The molecule has 1 N–H and O–H groups in total. The molecule has 1 fully saturated rings. The van der Waals surface area contributed by atoms with E-state index in [4.69, 9.17) is 0 Å². The van der Waals surface area contributed by atoms with E-state index < -0.39 is 0 Å². The van der Waals surface area contributed by atoms with Crippen LogP contribution in [-0.2, 0) is 0 Å². The molecule has 0 saturated carbocycles.